The first-order valence-corrected chi connectivity index (χ1v) is 43.4. The Bertz CT molecular complexity index is 3990. The molecule has 0 aliphatic heterocycles. The van der Waals surface area contributed by atoms with E-state index in [0.29, 0.717) is 48.6 Å². The SMILES string of the molecule is CC[C@H](C)[C@H](NC(=O)[C@H](CC(C)C)NC(=O)[C@H](CCCCN)NC(=O)[C@H](CCCCN)NC(=O)[C@H](CC(C)C)NC(=O)CN)C(=O)N[C@@H](CO)C(=O)N[C@@H](Cc1c[nH]c2ccccc12)C(=O)N[C@H](C(=O)N[C@@H](CCCCN)C(=O)N[C@@H](CCCN=C(N)N)C(=O)N[C@@H](C)C(=O)N[C@@H](C)C(=O)N[C@@H](CCC(N)=O)C(=O)N[C@@H](CCC(N)=O)C(=O)NCC(N)=O)[C@@H](C)CC. The summed E-state index contributed by atoms with van der Waals surface area (Å²) in [5.74, 6) is -18.0. The number of aliphatic hydroxyl groups is 1. The number of rotatable bonds is 64. The summed E-state index contributed by atoms with van der Waals surface area (Å²) in [7, 11) is 0. The smallest absolute Gasteiger partial charge is 0.245 e. The summed E-state index contributed by atoms with van der Waals surface area (Å²) in [5, 5.41) is 50.3. The van der Waals surface area contributed by atoms with E-state index >= 15 is 4.79 Å². The lowest BCUT2D eigenvalue weighted by atomic mass is 9.96. The quantitative estimate of drug-likeness (QED) is 0.0166. The number of aliphatic imine (C=N–C) groups is 1. The lowest BCUT2D eigenvalue weighted by molar-refractivity contribution is -0.137. The predicted molar refractivity (Wildman–Crippen MR) is 472 cm³/mol. The number of nitrogens with two attached hydrogens (primary N) is 9. The monoisotopic (exact) mass is 1800 g/mol. The molecular formula is C82H142N26O19. The second-order valence-electron chi connectivity index (χ2n) is 32.6. The fraction of sp³-hybridized carbons (Fsp3) is 0.671. The molecule has 0 unspecified atom stereocenters. The molecule has 0 spiro atoms. The van der Waals surface area contributed by atoms with Crippen LogP contribution in [0.15, 0.2) is 35.5 Å². The average Bonchev–Trinajstić information content (AvgIpc) is 1.69. The molecule has 0 aliphatic rings. The van der Waals surface area contributed by atoms with Crippen LogP contribution in [-0.2, 0) is 92.7 Å². The van der Waals surface area contributed by atoms with Crippen LogP contribution < -0.4 is 131 Å². The molecule has 18 amide bonds. The maximum atomic E-state index is 15.2. The van der Waals surface area contributed by atoms with Gasteiger partial charge in [0.2, 0.25) is 106 Å². The van der Waals surface area contributed by atoms with Crippen LogP contribution in [0, 0.1) is 23.7 Å². The minimum absolute atomic E-state index is 0.0125. The third-order valence-corrected chi connectivity index (χ3v) is 20.9. The number of aromatic nitrogens is 1. The third-order valence-electron chi connectivity index (χ3n) is 20.9. The van der Waals surface area contributed by atoms with Crippen molar-refractivity contribution in [2.75, 3.05) is 45.9 Å². The van der Waals surface area contributed by atoms with Crippen LogP contribution in [0.2, 0.25) is 0 Å². The van der Waals surface area contributed by atoms with Crippen molar-refractivity contribution >= 4 is 123 Å². The second kappa shape index (κ2) is 59.3. The molecule has 0 fully saturated rings. The van der Waals surface area contributed by atoms with Crippen LogP contribution in [0.5, 0.6) is 0 Å². The number of hydrogen-bond donors (Lipinski definition) is 26. The molecule has 1 aromatic heterocycles. The third kappa shape index (κ3) is 42.0. The normalized spacial score (nSPS) is 15.0. The molecule has 45 nitrogen and oxygen atoms in total. The lowest BCUT2D eigenvalue weighted by Crippen LogP contribution is -2.62. The summed E-state index contributed by atoms with van der Waals surface area (Å²) >= 11 is 0. The first-order valence-electron chi connectivity index (χ1n) is 43.4. The minimum atomic E-state index is -1.81. The van der Waals surface area contributed by atoms with E-state index in [9.17, 15) is 86.6 Å². The number of H-pyrrole nitrogens is 1. The van der Waals surface area contributed by atoms with Gasteiger partial charge in [-0.05, 0) is 165 Å². The van der Waals surface area contributed by atoms with Crippen molar-refractivity contribution < 1.29 is 91.4 Å². The van der Waals surface area contributed by atoms with Gasteiger partial charge in [-0.3, -0.25) is 91.3 Å². The van der Waals surface area contributed by atoms with Gasteiger partial charge in [-0.1, -0.05) is 86.4 Å². The van der Waals surface area contributed by atoms with Crippen LogP contribution in [0.1, 0.15) is 197 Å². The number of guanidine groups is 1. The Morgan fingerprint density at radius 2 is 0.724 bits per heavy atom. The Labute approximate surface area is 740 Å². The van der Waals surface area contributed by atoms with E-state index in [0.717, 1.165) is 0 Å². The number of aliphatic hydroxyl groups excluding tert-OH is 1. The summed E-state index contributed by atoms with van der Waals surface area (Å²) in [6.07, 6.45) is 2.56. The van der Waals surface area contributed by atoms with Crippen molar-refractivity contribution in [1.82, 2.24) is 84.7 Å². The molecule has 127 heavy (non-hydrogen) atoms. The highest BCUT2D eigenvalue weighted by Crippen LogP contribution is 2.22. The number of hydrogen-bond acceptors (Lipinski definition) is 24. The maximum Gasteiger partial charge on any atom is 0.245 e. The van der Waals surface area contributed by atoms with Crippen LogP contribution in [-0.4, -0.2) is 253 Å². The van der Waals surface area contributed by atoms with Crippen molar-refractivity contribution in [1.29, 1.82) is 0 Å². The molecule has 1 aromatic carbocycles. The number of unbranched alkanes of at least 4 members (excludes halogenated alkanes) is 3. The van der Waals surface area contributed by atoms with Gasteiger partial charge in [0.15, 0.2) is 5.96 Å². The van der Waals surface area contributed by atoms with E-state index in [-0.39, 0.29) is 128 Å². The molecule has 714 valence electrons. The molecule has 16 atom stereocenters. The molecule has 0 bridgehead atoms. The number of benzene rings is 1. The number of aromatic amines is 1. The molecule has 45 heteroatoms. The first kappa shape index (κ1) is 111. The number of para-hydroxylation sites is 1. The summed E-state index contributed by atoms with van der Waals surface area (Å²) in [6.45, 7) is 15.0. The van der Waals surface area contributed by atoms with E-state index in [1.54, 1.807) is 72.0 Å². The fourth-order valence-corrected chi connectivity index (χ4v) is 13.2. The van der Waals surface area contributed by atoms with Crippen molar-refractivity contribution in [2.24, 2.45) is 80.3 Å². The topological polar surface area (TPSA) is 770 Å². The number of carbonyl (C=O) groups is 18. The standard InChI is InChI=1S/C82H142N26O19/c1-11-45(7)66(80(126)103-54(26-17-20-34-85)73(119)100-55(27-21-35-92-82(90)91)71(117)96-47(9)68(114)95-48(10)69(115)98-57(29-31-63(88)111)75(121)102-56(28-30-62(87)110)70(116)94-41-64(89)112)108-78(124)60(38-49-40-93-51-23-14-13-22-50(49)51)105-79(125)61(42-109)106-81(127)67(46(8)12-2)107-77(123)59(37-44(5)6)104-74(120)53(25-16-19-33-84)99-72(118)52(24-15-18-32-83)101-76(122)58(36-43(3)4)97-65(113)39-86/h13-14,22-23,40,43-48,52-61,66-67,93,109H,11-12,15-21,24-39,41-42,83-86H2,1-10H3,(H2,87,110)(H2,88,111)(H2,89,112)(H,94,116)(H,95,114)(H,96,117)(H,97,113)(H,98,115)(H,99,118)(H,100,119)(H,101,122)(H,102,121)(H,103,126)(H,104,120)(H,105,125)(H,106,127)(H,107,123)(H,108,124)(H4,90,91,92)/t45-,46-,47-,48-,52-,53-,54-,55-,56-,57-,58-,59-,60-,61-,66-,67-/m0/s1. The van der Waals surface area contributed by atoms with Crippen LogP contribution in [0.25, 0.3) is 10.9 Å². The highest BCUT2D eigenvalue weighted by Gasteiger charge is 2.40. The molecule has 2 aromatic rings. The van der Waals surface area contributed by atoms with Gasteiger partial charge < -0.3 is 141 Å². The number of nitrogens with one attached hydrogen (secondary N) is 16. The van der Waals surface area contributed by atoms with Crippen LogP contribution in [0.3, 0.4) is 0 Å². The summed E-state index contributed by atoms with van der Waals surface area (Å²) in [6, 6.07) is -13.2. The summed E-state index contributed by atoms with van der Waals surface area (Å²) in [5.41, 5.74) is 51.1. The Kier molecular flexibility index (Phi) is 52.0. The zero-order valence-corrected chi connectivity index (χ0v) is 74.8. The molecular weight excluding hydrogens is 1650 g/mol. The molecule has 0 aliphatic carbocycles. The van der Waals surface area contributed by atoms with Gasteiger partial charge in [-0.15, -0.1) is 0 Å². The van der Waals surface area contributed by atoms with E-state index in [2.05, 4.69) is 89.7 Å². The molecule has 1 heterocycles. The number of fused-ring (bicyclic) bond motifs is 1. The van der Waals surface area contributed by atoms with Gasteiger partial charge >= 0.3 is 0 Å². The number of amides is 18. The Balaban J connectivity index is 2.59. The molecule has 0 saturated carbocycles. The number of carbonyl (C=O) groups excluding carboxylic acids is 18. The predicted octanol–water partition coefficient (Wildman–Crippen LogP) is -6.75. The lowest BCUT2D eigenvalue weighted by Gasteiger charge is -2.30. The van der Waals surface area contributed by atoms with E-state index in [1.165, 1.54) is 13.8 Å². The average molecular weight is 1800 g/mol. The Morgan fingerprint density at radius 3 is 1.14 bits per heavy atom. The largest absolute Gasteiger partial charge is 0.394 e. The van der Waals surface area contributed by atoms with E-state index < -0.39 is 235 Å². The first-order chi connectivity index (χ1) is 60.0. The zero-order valence-electron chi connectivity index (χ0n) is 74.8. The number of nitrogens with zero attached hydrogens (tertiary/aromatic N) is 1. The minimum Gasteiger partial charge on any atom is -0.394 e. The Morgan fingerprint density at radius 1 is 0.378 bits per heavy atom. The van der Waals surface area contributed by atoms with Crippen LogP contribution >= 0.6 is 0 Å². The van der Waals surface area contributed by atoms with Gasteiger partial charge in [-0.2, -0.15) is 0 Å². The van der Waals surface area contributed by atoms with Crippen molar-refractivity contribution in [2.45, 2.75) is 282 Å². The Hall–Kier alpha value is -11.7. The molecule has 0 saturated heterocycles. The van der Waals surface area contributed by atoms with Gasteiger partial charge in [0.1, 0.15) is 84.6 Å². The molecule has 35 N–H and O–H groups in total. The van der Waals surface area contributed by atoms with E-state index in [1.807, 2.05) is 13.8 Å². The highest BCUT2D eigenvalue weighted by molar-refractivity contribution is 6.01. The van der Waals surface area contributed by atoms with Gasteiger partial charge in [-0.25, -0.2) is 0 Å². The van der Waals surface area contributed by atoms with Gasteiger partial charge in [0.05, 0.1) is 19.7 Å². The highest BCUT2D eigenvalue weighted by atomic mass is 16.3. The van der Waals surface area contributed by atoms with Crippen molar-refractivity contribution in [3.63, 3.8) is 0 Å². The maximum absolute atomic E-state index is 15.2. The van der Waals surface area contributed by atoms with Gasteiger partial charge in [0, 0.05) is 42.9 Å². The van der Waals surface area contributed by atoms with Crippen LogP contribution in [0.4, 0.5) is 0 Å². The van der Waals surface area contributed by atoms with Crippen molar-refractivity contribution in [3.8, 4) is 0 Å². The fourth-order valence-electron chi connectivity index (χ4n) is 13.2. The van der Waals surface area contributed by atoms with Gasteiger partial charge in [0.25, 0.3) is 0 Å². The second-order valence-corrected chi connectivity index (χ2v) is 32.6. The number of primary amides is 3. The summed E-state index contributed by atoms with van der Waals surface area (Å²) in [4.78, 5) is 254. The zero-order chi connectivity index (χ0) is 95.7. The molecule has 2 rings (SSSR count). The van der Waals surface area contributed by atoms with Crippen molar-refractivity contribution in [3.05, 3.63) is 36.0 Å². The van der Waals surface area contributed by atoms with E-state index in [4.69, 9.17) is 51.6 Å². The molecule has 0 radical (unpaired) electrons. The summed E-state index contributed by atoms with van der Waals surface area (Å²) < 4.78 is 0.